The van der Waals surface area contributed by atoms with Crippen molar-refractivity contribution in [3.8, 4) is 77.9 Å². The van der Waals surface area contributed by atoms with E-state index < -0.39 is 0 Å². The van der Waals surface area contributed by atoms with Crippen LogP contribution in [-0.2, 0) is 0 Å². The average Bonchev–Trinajstić information content (AvgIpc) is 3.48. The highest BCUT2D eigenvalue weighted by Gasteiger charge is 2.30. The summed E-state index contributed by atoms with van der Waals surface area (Å²) in [5.41, 5.74) is 30.9. The molecule has 0 unspecified atom stereocenters. The van der Waals surface area contributed by atoms with E-state index in [4.69, 9.17) is 11.5 Å². The van der Waals surface area contributed by atoms with E-state index in [9.17, 15) is 0 Å². The quantitative estimate of drug-likeness (QED) is 0.190. The first kappa shape index (κ1) is 27.9. The molecule has 0 bridgehead atoms. The lowest BCUT2D eigenvalue weighted by Gasteiger charge is -2.21. The minimum Gasteiger partial charge on any atom is -0.398 e. The van der Waals surface area contributed by atoms with E-state index in [1.165, 1.54) is 66.4 Å². The van der Waals surface area contributed by atoms with E-state index in [1.54, 1.807) is 0 Å². The number of hydrogen-bond acceptors (Lipinski definition) is 2. The van der Waals surface area contributed by atoms with E-state index in [0.717, 1.165) is 33.6 Å². The number of hydrogen-bond donors (Lipinski definition) is 2. The van der Waals surface area contributed by atoms with Crippen molar-refractivity contribution in [3.05, 3.63) is 170 Å². The fraction of sp³-hybridized carbons (Fsp3) is 0. The van der Waals surface area contributed by atoms with Crippen LogP contribution in [0.15, 0.2) is 170 Å². The minimum atomic E-state index is 0.781. The summed E-state index contributed by atoms with van der Waals surface area (Å²) >= 11 is 0. The molecule has 8 aromatic rings. The van der Waals surface area contributed by atoms with Crippen LogP contribution < -0.4 is 11.5 Å². The maximum Gasteiger partial charge on any atom is 0.0393 e. The first-order valence-corrected chi connectivity index (χ1v) is 16.4. The van der Waals surface area contributed by atoms with Gasteiger partial charge in [-0.1, -0.05) is 152 Å². The van der Waals surface area contributed by atoms with Crippen molar-refractivity contribution in [2.75, 3.05) is 11.5 Å². The molecule has 2 nitrogen and oxygen atoms in total. The molecule has 0 saturated heterocycles. The number of para-hydroxylation sites is 2. The van der Waals surface area contributed by atoms with Gasteiger partial charge in [-0.05, 0) is 95.7 Å². The van der Waals surface area contributed by atoms with Crippen LogP contribution in [0.3, 0.4) is 0 Å². The van der Waals surface area contributed by atoms with Crippen LogP contribution >= 0.6 is 0 Å². The molecule has 48 heavy (non-hydrogen) atoms. The van der Waals surface area contributed by atoms with Crippen LogP contribution in [-0.4, -0.2) is 0 Å². The Hall–Kier alpha value is -6.38. The Balaban J connectivity index is 1.33. The summed E-state index contributed by atoms with van der Waals surface area (Å²) in [4.78, 5) is 0. The van der Waals surface area contributed by atoms with Crippen LogP contribution in [0.1, 0.15) is 0 Å². The Morgan fingerprint density at radius 2 is 0.688 bits per heavy atom. The lowest BCUT2D eigenvalue weighted by atomic mass is 9.82. The average molecular weight is 613 g/mol. The highest BCUT2D eigenvalue weighted by molar-refractivity contribution is 6.22. The second kappa shape index (κ2) is 11.2. The Labute approximate surface area is 280 Å². The zero-order chi connectivity index (χ0) is 32.2. The topological polar surface area (TPSA) is 52.0 Å². The van der Waals surface area contributed by atoms with Gasteiger partial charge in [-0.25, -0.2) is 0 Å². The Morgan fingerprint density at radius 1 is 0.271 bits per heavy atom. The summed E-state index contributed by atoms with van der Waals surface area (Å²) < 4.78 is 0. The summed E-state index contributed by atoms with van der Waals surface area (Å²) in [6.45, 7) is 0. The van der Waals surface area contributed by atoms with Crippen molar-refractivity contribution in [2.45, 2.75) is 0 Å². The second-order valence-corrected chi connectivity index (χ2v) is 12.5. The molecule has 0 saturated carbocycles. The smallest absolute Gasteiger partial charge is 0.0393 e. The molecule has 0 atom stereocenters. The summed E-state index contributed by atoms with van der Waals surface area (Å²) in [5, 5.41) is 2.56. The minimum absolute atomic E-state index is 0.781. The fourth-order valence-electron chi connectivity index (χ4n) is 7.53. The maximum absolute atomic E-state index is 6.38. The molecule has 226 valence electrons. The van der Waals surface area contributed by atoms with E-state index in [1.807, 2.05) is 36.4 Å². The molecule has 9 rings (SSSR count). The molecule has 1 aliphatic rings. The molecule has 0 aliphatic heterocycles. The number of nitrogens with two attached hydrogens (primary N) is 2. The summed E-state index contributed by atoms with van der Waals surface area (Å²) in [6.07, 6.45) is 0. The molecular weight excluding hydrogens is 581 g/mol. The van der Waals surface area contributed by atoms with Gasteiger partial charge in [0.2, 0.25) is 0 Å². The third-order valence-corrected chi connectivity index (χ3v) is 9.77. The van der Waals surface area contributed by atoms with Crippen molar-refractivity contribution < 1.29 is 0 Å². The highest BCUT2D eigenvalue weighted by Crippen LogP contribution is 2.57. The van der Waals surface area contributed by atoms with Crippen LogP contribution in [0.25, 0.3) is 88.7 Å². The van der Waals surface area contributed by atoms with Crippen LogP contribution in [0.2, 0.25) is 0 Å². The summed E-state index contributed by atoms with van der Waals surface area (Å²) in [7, 11) is 0. The largest absolute Gasteiger partial charge is 0.398 e. The van der Waals surface area contributed by atoms with Gasteiger partial charge in [-0.15, -0.1) is 0 Å². The first-order valence-electron chi connectivity index (χ1n) is 16.4. The Bertz CT molecular complexity index is 2490. The third-order valence-electron chi connectivity index (χ3n) is 9.77. The summed E-state index contributed by atoms with van der Waals surface area (Å²) in [6, 6.07) is 60.5. The van der Waals surface area contributed by atoms with E-state index in [-0.39, 0.29) is 0 Å². The molecule has 8 aromatic carbocycles. The summed E-state index contributed by atoms with van der Waals surface area (Å²) in [5.74, 6) is 0. The lowest BCUT2D eigenvalue weighted by Crippen LogP contribution is -1.95. The lowest BCUT2D eigenvalue weighted by molar-refractivity contribution is 1.55. The molecule has 4 N–H and O–H groups in total. The molecule has 0 amide bonds. The van der Waals surface area contributed by atoms with Crippen molar-refractivity contribution in [3.63, 3.8) is 0 Å². The van der Waals surface area contributed by atoms with Crippen LogP contribution in [0, 0.1) is 0 Å². The molecule has 2 heteroatoms. The third kappa shape index (κ3) is 4.42. The van der Waals surface area contributed by atoms with Gasteiger partial charge in [-0.3, -0.25) is 0 Å². The van der Waals surface area contributed by atoms with Gasteiger partial charge in [0.1, 0.15) is 0 Å². The van der Waals surface area contributed by atoms with Gasteiger partial charge in [0, 0.05) is 22.5 Å². The van der Waals surface area contributed by atoms with Crippen molar-refractivity contribution in [2.24, 2.45) is 0 Å². The van der Waals surface area contributed by atoms with Crippen molar-refractivity contribution in [1.29, 1.82) is 0 Å². The number of anilines is 2. The predicted octanol–water partition coefficient (Wildman–Crippen LogP) is 12.0. The van der Waals surface area contributed by atoms with Gasteiger partial charge in [0.25, 0.3) is 0 Å². The first-order chi connectivity index (χ1) is 23.7. The molecule has 0 heterocycles. The molecule has 0 fully saturated rings. The van der Waals surface area contributed by atoms with Crippen molar-refractivity contribution in [1.82, 2.24) is 0 Å². The Morgan fingerprint density at radius 3 is 1.25 bits per heavy atom. The molecule has 0 radical (unpaired) electrons. The monoisotopic (exact) mass is 612 g/mol. The number of benzene rings is 8. The second-order valence-electron chi connectivity index (χ2n) is 12.5. The van der Waals surface area contributed by atoms with E-state index in [2.05, 4.69) is 133 Å². The van der Waals surface area contributed by atoms with E-state index in [0.29, 0.717) is 0 Å². The predicted molar refractivity (Wildman–Crippen MR) is 204 cm³/mol. The Kier molecular flexibility index (Phi) is 6.48. The van der Waals surface area contributed by atoms with Crippen LogP contribution in [0.4, 0.5) is 11.4 Å². The number of rotatable bonds is 5. The molecular formula is C46H32N2. The van der Waals surface area contributed by atoms with Gasteiger partial charge in [-0.2, -0.15) is 0 Å². The standard InChI is InChI=1S/C46H32N2/c47-41-18-6-4-14-35(41)30-20-22-32(23-21-30)40-28-39(29-10-2-1-3-11-29)44(34-26-24-31(25-27-34)36-15-5-7-19-42(36)48)46-38-17-9-13-33-12-8-16-37(43(33)38)45(40)46/h1-28H,47-48H2. The van der Waals surface area contributed by atoms with Crippen LogP contribution in [0.5, 0.6) is 0 Å². The normalized spacial score (nSPS) is 11.5. The van der Waals surface area contributed by atoms with Gasteiger partial charge in [0.05, 0.1) is 0 Å². The fourth-order valence-corrected chi connectivity index (χ4v) is 7.53. The van der Waals surface area contributed by atoms with Gasteiger partial charge < -0.3 is 11.5 Å². The molecule has 0 spiro atoms. The zero-order valence-corrected chi connectivity index (χ0v) is 26.3. The van der Waals surface area contributed by atoms with Gasteiger partial charge >= 0.3 is 0 Å². The van der Waals surface area contributed by atoms with Crippen molar-refractivity contribution >= 4 is 22.1 Å². The number of nitrogen functional groups attached to an aromatic ring is 2. The van der Waals surface area contributed by atoms with E-state index >= 15 is 0 Å². The number of fused-ring (bicyclic) bond motifs is 3. The molecule has 0 aromatic heterocycles. The highest BCUT2D eigenvalue weighted by atomic mass is 14.6. The SMILES string of the molecule is Nc1ccccc1-c1ccc(-c2cc(-c3ccccc3)c(-c3ccc(-c4ccccc4N)cc3)c3c2-c2cccc4cccc-3c24)cc1. The zero-order valence-electron chi connectivity index (χ0n) is 26.3. The van der Waals surface area contributed by atoms with Gasteiger partial charge in [0.15, 0.2) is 0 Å². The maximum atomic E-state index is 6.38. The molecule has 1 aliphatic carbocycles.